The Morgan fingerprint density at radius 2 is 1.36 bits per heavy atom. The van der Waals surface area contributed by atoms with Crippen LogP contribution in [0.2, 0.25) is 0 Å². The van der Waals surface area contributed by atoms with E-state index in [1.807, 2.05) is 24.3 Å². The van der Waals surface area contributed by atoms with Crippen molar-refractivity contribution >= 4 is 23.6 Å². The predicted molar refractivity (Wildman–Crippen MR) is 124 cm³/mol. The first-order valence-electron chi connectivity index (χ1n) is 10.7. The minimum absolute atomic E-state index is 0.00124. The van der Waals surface area contributed by atoms with Gasteiger partial charge in [0.15, 0.2) is 5.69 Å². The molecule has 7 nitrogen and oxygen atoms in total. The molecule has 0 aliphatic carbocycles. The highest BCUT2D eigenvalue weighted by molar-refractivity contribution is 5.86. The Kier molecular flexibility index (Phi) is 10.4. The van der Waals surface area contributed by atoms with Crippen LogP contribution >= 0.6 is 0 Å². The maximum atomic E-state index is 12.0. The summed E-state index contributed by atoms with van der Waals surface area (Å²) in [5.74, 6) is -0.739. The first-order chi connectivity index (χ1) is 15.9. The Bertz CT molecular complexity index is 1000. The summed E-state index contributed by atoms with van der Waals surface area (Å²) in [7, 11) is 0. The lowest BCUT2D eigenvalue weighted by Gasteiger charge is -2.07. The summed E-state index contributed by atoms with van der Waals surface area (Å²) in [6, 6.07) is 14.5. The van der Waals surface area contributed by atoms with Crippen molar-refractivity contribution in [3.8, 4) is 16.9 Å². The molecule has 0 N–H and O–H groups in total. The summed E-state index contributed by atoms with van der Waals surface area (Å²) in [6.45, 7) is 12.0. The molecular formula is C26H27NO6. The summed E-state index contributed by atoms with van der Waals surface area (Å²) in [5, 5.41) is 0. The zero-order valence-electron chi connectivity index (χ0n) is 18.7. The summed E-state index contributed by atoms with van der Waals surface area (Å²) in [5.41, 5.74) is 2.82. The lowest BCUT2D eigenvalue weighted by atomic mass is 10.1. The number of unbranched alkanes of at least 4 members (excludes halogenated alkanes) is 2. The number of rotatable bonds is 12. The second-order valence-corrected chi connectivity index (χ2v) is 7.35. The molecule has 0 amide bonds. The van der Waals surface area contributed by atoms with Crippen LogP contribution in [0, 0.1) is 6.57 Å². The van der Waals surface area contributed by atoms with E-state index >= 15 is 0 Å². The first-order valence-corrected chi connectivity index (χ1v) is 10.7. The summed E-state index contributed by atoms with van der Waals surface area (Å²) in [6.07, 6.45) is 2.38. The molecule has 0 aliphatic heterocycles. The fraction of sp³-hybridized carbons (Fsp3) is 0.308. The molecule has 0 radical (unpaired) electrons. The third-order valence-electron chi connectivity index (χ3n) is 4.61. The third-order valence-corrected chi connectivity index (χ3v) is 4.61. The Morgan fingerprint density at radius 3 is 1.94 bits per heavy atom. The van der Waals surface area contributed by atoms with Gasteiger partial charge in [-0.15, -0.1) is 0 Å². The third kappa shape index (κ3) is 9.40. The van der Waals surface area contributed by atoms with E-state index < -0.39 is 5.97 Å². The van der Waals surface area contributed by atoms with Gasteiger partial charge in [0.2, 0.25) is 0 Å². The van der Waals surface area contributed by atoms with Crippen molar-refractivity contribution in [2.75, 3.05) is 13.2 Å². The Balaban J connectivity index is 1.59. The normalized spacial score (nSPS) is 10.1. The highest BCUT2D eigenvalue weighted by atomic mass is 16.6. The second kappa shape index (κ2) is 13.5. The second-order valence-electron chi connectivity index (χ2n) is 7.35. The molecule has 0 saturated heterocycles. The van der Waals surface area contributed by atoms with Gasteiger partial charge in [-0.2, -0.15) is 0 Å². The fourth-order valence-corrected chi connectivity index (χ4v) is 2.83. The first kappa shape index (κ1) is 25.3. The maximum Gasteiger partial charge on any atom is 0.333 e. The molecule has 0 bridgehead atoms. The number of carbonyl (C=O) groups excluding carboxylic acids is 3. The molecule has 7 heteroatoms. The smallest absolute Gasteiger partial charge is 0.333 e. The molecule has 0 atom stereocenters. The van der Waals surface area contributed by atoms with E-state index in [-0.39, 0.29) is 38.0 Å². The van der Waals surface area contributed by atoms with E-state index in [1.54, 1.807) is 31.2 Å². The van der Waals surface area contributed by atoms with Gasteiger partial charge in [-0.25, -0.2) is 9.64 Å². The number of esters is 3. The number of hydrogen-bond acceptors (Lipinski definition) is 6. The molecule has 33 heavy (non-hydrogen) atoms. The van der Waals surface area contributed by atoms with Crippen LogP contribution in [0.1, 0.15) is 39.0 Å². The van der Waals surface area contributed by atoms with Crippen LogP contribution in [-0.4, -0.2) is 31.1 Å². The van der Waals surface area contributed by atoms with Gasteiger partial charge in [0, 0.05) is 18.4 Å². The largest absolute Gasteiger partial charge is 0.462 e. The van der Waals surface area contributed by atoms with Crippen molar-refractivity contribution in [2.24, 2.45) is 0 Å². The van der Waals surface area contributed by atoms with E-state index in [0.29, 0.717) is 36.3 Å². The highest BCUT2D eigenvalue weighted by Gasteiger charge is 2.08. The molecular weight excluding hydrogens is 422 g/mol. The lowest BCUT2D eigenvalue weighted by molar-refractivity contribution is -0.150. The van der Waals surface area contributed by atoms with Crippen LogP contribution in [0.15, 0.2) is 60.7 Å². The molecule has 0 heterocycles. The van der Waals surface area contributed by atoms with E-state index in [9.17, 15) is 14.4 Å². The molecule has 0 aliphatic rings. The number of benzene rings is 2. The molecule has 0 fully saturated rings. The van der Waals surface area contributed by atoms with Crippen LogP contribution in [0.25, 0.3) is 16.0 Å². The van der Waals surface area contributed by atoms with Crippen molar-refractivity contribution in [1.29, 1.82) is 0 Å². The SMILES string of the molecule is [C-]#[N+]c1ccc(-c2ccc(OC(=O)CCCCCC(=O)OCCOC(=O)C(=C)C)cc2)cc1. The molecule has 2 aromatic carbocycles. The van der Waals surface area contributed by atoms with Crippen molar-refractivity contribution in [1.82, 2.24) is 0 Å². The van der Waals surface area contributed by atoms with Crippen molar-refractivity contribution in [3.63, 3.8) is 0 Å². The molecule has 0 saturated carbocycles. The molecule has 0 unspecified atom stereocenters. The van der Waals surface area contributed by atoms with E-state index in [0.717, 1.165) is 11.1 Å². The van der Waals surface area contributed by atoms with E-state index in [4.69, 9.17) is 20.8 Å². The van der Waals surface area contributed by atoms with Gasteiger partial charge >= 0.3 is 17.9 Å². The molecule has 2 aromatic rings. The molecule has 2 rings (SSSR count). The van der Waals surface area contributed by atoms with Gasteiger partial charge in [0.25, 0.3) is 0 Å². The monoisotopic (exact) mass is 449 g/mol. The fourth-order valence-electron chi connectivity index (χ4n) is 2.83. The zero-order valence-corrected chi connectivity index (χ0v) is 18.7. The number of carbonyl (C=O) groups is 3. The summed E-state index contributed by atoms with van der Waals surface area (Å²) in [4.78, 5) is 38.2. The van der Waals surface area contributed by atoms with E-state index in [2.05, 4.69) is 11.4 Å². The van der Waals surface area contributed by atoms with Gasteiger partial charge in [-0.3, -0.25) is 9.59 Å². The molecule has 172 valence electrons. The quantitative estimate of drug-likeness (QED) is 0.141. The van der Waals surface area contributed by atoms with Crippen LogP contribution in [0.5, 0.6) is 5.75 Å². The summed E-state index contributed by atoms with van der Waals surface area (Å²) >= 11 is 0. The zero-order chi connectivity index (χ0) is 24.1. The molecule has 0 aromatic heterocycles. The van der Waals surface area contributed by atoms with Crippen LogP contribution in [0.4, 0.5) is 5.69 Å². The standard InChI is InChI=1S/C26H27NO6/c1-19(2)26(30)32-18-17-31-24(28)7-5-4-6-8-25(29)33-23-15-11-21(12-16-23)20-9-13-22(27-3)14-10-20/h9-16H,1,4-8,17-18H2,2H3. The minimum Gasteiger partial charge on any atom is -0.462 e. The average molecular weight is 450 g/mol. The van der Waals surface area contributed by atoms with Crippen LogP contribution in [0.3, 0.4) is 0 Å². The van der Waals surface area contributed by atoms with Gasteiger partial charge < -0.3 is 14.2 Å². The lowest BCUT2D eigenvalue weighted by Crippen LogP contribution is -2.14. The Hall–Kier alpha value is -3.92. The number of ether oxygens (including phenoxy) is 3. The van der Waals surface area contributed by atoms with Gasteiger partial charge in [-0.1, -0.05) is 49.4 Å². The minimum atomic E-state index is -0.513. The Labute approximate surface area is 193 Å². The maximum absolute atomic E-state index is 12.0. The number of hydrogen-bond donors (Lipinski definition) is 0. The summed E-state index contributed by atoms with van der Waals surface area (Å²) < 4.78 is 15.2. The van der Waals surface area contributed by atoms with Gasteiger partial charge in [-0.05, 0) is 43.0 Å². The topological polar surface area (TPSA) is 83.3 Å². The van der Waals surface area contributed by atoms with Crippen molar-refractivity contribution < 1.29 is 28.6 Å². The van der Waals surface area contributed by atoms with Gasteiger partial charge in [0.1, 0.15) is 19.0 Å². The highest BCUT2D eigenvalue weighted by Crippen LogP contribution is 2.25. The Morgan fingerprint density at radius 1 is 0.818 bits per heavy atom. The van der Waals surface area contributed by atoms with E-state index in [1.165, 1.54) is 0 Å². The molecule has 0 spiro atoms. The van der Waals surface area contributed by atoms with Crippen molar-refractivity contribution in [2.45, 2.75) is 39.0 Å². The number of nitrogens with zero attached hydrogens (tertiary/aromatic N) is 1. The van der Waals surface area contributed by atoms with Crippen LogP contribution in [-0.2, 0) is 23.9 Å². The average Bonchev–Trinajstić information content (AvgIpc) is 2.82. The van der Waals surface area contributed by atoms with Crippen LogP contribution < -0.4 is 4.74 Å². The van der Waals surface area contributed by atoms with Gasteiger partial charge in [0.05, 0.1) is 6.57 Å². The van der Waals surface area contributed by atoms with Crippen molar-refractivity contribution in [3.05, 3.63) is 72.1 Å². The predicted octanol–water partition coefficient (Wildman–Crippen LogP) is 5.42.